The van der Waals surface area contributed by atoms with Crippen molar-refractivity contribution < 1.29 is 0 Å². The Hall–Kier alpha value is -1.69. The molecule has 0 amide bonds. The largest absolute Gasteiger partial charge is 0.339 e. The van der Waals surface area contributed by atoms with Gasteiger partial charge in [0.25, 0.3) is 0 Å². The van der Waals surface area contributed by atoms with Crippen LogP contribution in [-0.4, -0.2) is 22.1 Å². The van der Waals surface area contributed by atoms with Gasteiger partial charge < -0.3 is 9.88 Å². The first-order valence-corrected chi connectivity index (χ1v) is 10.8. The minimum absolute atomic E-state index is 0.460. The molecule has 1 aliphatic heterocycles. The van der Waals surface area contributed by atoms with Gasteiger partial charge in [-0.1, -0.05) is 37.9 Å². The van der Waals surface area contributed by atoms with Crippen molar-refractivity contribution in [3.8, 4) is 0 Å². The zero-order valence-electron chi connectivity index (χ0n) is 14.7. The molecule has 0 spiro atoms. The first-order chi connectivity index (χ1) is 13.2. The molecule has 5 heteroatoms. The van der Waals surface area contributed by atoms with Crippen LogP contribution in [-0.2, 0) is 6.54 Å². The maximum atomic E-state index is 4.29. The zero-order valence-corrected chi connectivity index (χ0v) is 17.9. The van der Waals surface area contributed by atoms with E-state index in [1.165, 1.54) is 27.4 Å². The Bertz CT molecular complexity index is 1060. The first-order valence-electron chi connectivity index (χ1n) is 9.19. The number of nitrogens with zero attached hydrogens (tertiary/aromatic N) is 2. The molecule has 0 aliphatic carbocycles. The van der Waals surface area contributed by atoms with Crippen LogP contribution in [0.5, 0.6) is 0 Å². The average Bonchev–Trinajstić information content (AvgIpc) is 3.26. The summed E-state index contributed by atoms with van der Waals surface area (Å²) < 4.78 is 4.70. The summed E-state index contributed by atoms with van der Waals surface area (Å²) in [6.07, 6.45) is 4.99. The zero-order chi connectivity index (χ0) is 18.4. The number of aromatic nitrogens is 2. The Balaban J connectivity index is 1.51. The number of benzene rings is 2. The van der Waals surface area contributed by atoms with Crippen LogP contribution in [0, 0.1) is 0 Å². The quantitative estimate of drug-likeness (QED) is 0.394. The van der Waals surface area contributed by atoms with Gasteiger partial charge in [0, 0.05) is 62.3 Å². The molecule has 4 aromatic rings. The molecule has 0 bridgehead atoms. The number of nitrogens with one attached hydrogen (secondary N) is 1. The number of halogens is 2. The highest BCUT2D eigenvalue weighted by Gasteiger charge is 2.26. The fourth-order valence-electron chi connectivity index (χ4n) is 4.30. The van der Waals surface area contributed by atoms with Crippen LogP contribution >= 0.6 is 31.9 Å². The van der Waals surface area contributed by atoms with Gasteiger partial charge in [-0.05, 0) is 60.4 Å². The van der Waals surface area contributed by atoms with Crippen LogP contribution in [0.15, 0.2) is 69.9 Å². The third kappa shape index (κ3) is 3.22. The Kier molecular flexibility index (Phi) is 4.54. The normalized spacial score (nSPS) is 19.9. The highest BCUT2D eigenvalue weighted by molar-refractivity contribution is 9.10. The van der Waals surface area contributed by atoms with Crippen LogP contribution in [0.25, 0.3) is 21.8 Å². The predicted octanol–water partition coefficient (Wildman–Crippen LogP) is 5.86. The molecule has 2 aromatic heterocycles. The fraction of sp³-hybridized carbons (Fsp3) is 0.227. The molecule has 3 nitrogen and oxygen atoms in total. The van der Waals surface area contributed by atoms with Crippen molar-refractivity contribution in [2.24, 2.45) is 0 Å². The van der Waals surface area contributed by atoms with Gasteiger partial charge >= 0.3 is 0 Å². The third-order valence-electron chi connectivity index (χ3n) is 5.57. The van der Waals surface area contributed by atoms with Gasteiger partial charge in [-0.25, -0.2) is 0 Å². The summed E-state index contributed by atoms with van der Waals surface area (Å²) in [4.78, 5) is 4.29. The van der Waals surface area contributed by atoms with E-state index in [2.05, 4.69) is 89.2 Å². The minimum Gasteiger partial charge on any atom is -0.339 e. The summed E-state index contributed by atoms with van der Waals surface area (Å²) in [5.41, 5.74) is 3.92. The lowest BCUT2D eigenvalue weighted by atomic mass is 9.98. The molecule has 1 saturated heterocycles. The molecule has 27 heavy (non-hydrogen) atoms. The van der Waals surface area contributed by atoms with Gasteiger partial charge in [0.2, 0.25) is 0 Å². The van der Waals surface area contributed by atoms with Gasteiger partial charge in [0.05, 0.1) is 0 Å². The van der Waals surface area contributed by atoms with Crippen LogP contribution < -0.4 is 5.32 Å². The van der Waals surface area contributed by atoms with Crippen LogP contribution in [0.1, 0.15) is 17.9 Å². The van der Waals surface area contributed by atoms with Crippen molar-refractivity contribution in [1.29, 1.82) is 0 Å². The van der Waals surface area contributed by atoms with Gasteiger partial charge in [0.15, 0.2) is 0 Å². The molecular weight excluding hydrogens is 466 g/mol. The van der Waals surface area contributed by atoms with Gasteiger partial charge in [-0.2, -0.15) is 0 Å². The van der Waals surface area contributed by atoms with E-state index in [1.54, 1.807) is 0 Å². The van der Waals surface area contributed by atoms with E-state index in [4.69, 9.17) is 0 Å². The molecule has 2 aromatic carbocycles. The number of hydrogen-bond acceptors (Lipinski definition) is 2. The van der Waals surface area contributed by atoms with E-state index in [9.17, 15) is 0 Å². The number of pyridine rings is 1. The second-order valence-electron chi connectivity index (χ2n) is 7.26. The van der Waals surface area contributed by atoms with Crippen molar-refractivity contribution in [2.75, 3.05) is 6.54 Å². The van der Waals surface area contributed by atoms with E-state index in [0.717, 1.165) is 28.5 Å². The lowest BCUT2D eigenvalue weighted by Crippen LogP contribution is -2.26. The standard InChI is InChI=1S/C22H19Br2N3/c23-16-3-5-21-19(9-16)20-10-17(24)4-6-22(20)27(21)13-18-8-15(12-26-18)14-2-1-7-25-11-14/h1-7,9-11,15,18,26H,8,12-13H2. The Morgan fingerprint density at radius 1 is 1.00 bits per heavy atom. The minimum atomic E-state index is 0.460. The smallest absolute Gasteiger partial charge is 0.0492 e. The summed E-state index contributed by atoms with van der Waals surface area (Å²) in [6, 6.07) is 17.8. The van der Waals surface area contributed by atoms with Crippen molar-refractivity contribution >= 4 is 53.7 Å². The van der Waals surface area contributed by atoms with Crippen LogP contribution in [0.4, 0.5) is 0 Å². The van der Waals surface area contributed by atoms with E-state index < -0.39 is 0 Å². The average molecular weight is 485 g/mol. The second kappa shape index (κ2) is 7.04. The number of rotatable bonds is 3. The highest BCUT2D eigenvalue weighted by atomic mass is 79.9. The molecule has 5 rings (SSSR count). The summed E-state index contributed by atoms with van der Waals surface area (Å²) in [7, 11) is 0. The highest BCUT2D eigenvalue weighted by Crippen LogP contribution is 2.34. The number of fused-ring (bicyclic) bond motifs is 3. The lowest BCUT2D eigenvalue weighted by molar-refractivity contribution is 0.523. The SMILES string of the molecule is Brc1ccc2c(c1)c1cc(Br)ccc1n2CC1CC(c2cccnc2)CN1. The first kappa shape index (κ1) is 17.4. The Morgan fingerprint density at radius 3 is 2.33 bits per heavy atom. The van der Waals surface area contributed by atoms with E-state index in [0.29, 0.717) is 12.0 Å². The van der Waals surface area contributed by atoms with Crippen molar-refractivity contribution in [2.45, 2.75) is 24.9 Å². The van der Waals surface area contributed by atoms with E-state index in [1.807, 2.05) is 18.5 Å². The summed E-state index contributed by atoms with van der Waals surface area (Å²) in [5, 5.41) is 6.32. The van der Waals surface area contributed by atoms with E-state index in [-0.39, 0.29) is 0 Å². The summed E-state index contributed by atoms with van der Waals surface area (Å²) >= 11 is 7.26. The monoisotopic (exact) mass is 483 g/mol. The molecule has 2 atom stereocenters. The van der Waals surface area contributed by atoms with Crippen LogP contribution in [0.2, 0.25) is 0 Å². The summed E-state index contributed by atoms with van der Waals surface area (Å²) in [5.74, 6) is 0.542. The molecule has 0 saturated carbocycles. The summed E-state index contributed by atoms with van der Waals surface area (Å²) in [6.45, 7) is 1.99. The molecule has 1 aliphatic rings. The molecule has 2 unspecified atom stereocenters. The molecule has 1 fully saturated rings. The predicted molar refractivity (Wildman–Crippen MR) is 118 cm³/mol. The molecule has 0 radical (unpaired) electrons. The third-order valence-corrected chi connectivity index (χ3v) is 6.56. The Labute approximate surface area is 175 Å². The maximum absolute atomic E-state index is 4.29. The van der Waals surface area contributed by atoms with E-state index >= 15 is 0 Å². The molecular formula is C22H19Br2N3. The number of hydrogen-bond donors (Lipinski definition) is 1. The van der Waals surface area contributed by atoms with Gasteiger partial charge in [-0.3, -0.25) is 4.98 Å². The van der Waals surface area contributed by atoms with Gasteiger partial charge in [0.1, 0.15) is 0 Å². The van der Waals surface area contributed by atoms with Crippen molar-refractivity contribution in [1.82, 2.24) is 14.9 Å². The molecule has 3 heterocycles. The fourth-order valence-corrected chi connectivity index (χ4v) is 5.02. The molecule has 136 valence electrons. The lowest BCUT2D eigenvalue weighted by Gasteiger charge is -2.14. The Morgan fingerprint density at radius 2 is 1.70 bits per heavy atom. The van der Waals surface area contributed by atoms with Crippen molar-refractivity contribution in [3.05, 3.63) is 75.4 Å². The van der Waals surface area contributed by atoms with Gasteiger partial charge in [-0.15, -0.1) is 0 Å². The van der Waals surface area contributed by atoms with Crippen LogP contribution in [0.3, 0.4) is 0 Å². The maximum Gasteiger partial charge on any atom is 0.0492 e. The second-order valence-corrected chi connectivity index (χ2v) is 9.09. The topological polar surface area (TPSA) is 29.9 Å². The van der Waals surface area contributed by atoms with Crippen molar-refractivity contribution in [3.63, 3.8) is 0 Å². The molecule has 1 N–H and O–H groups in total.